The maximum Gasteiger partial charge on any atom is 0.438 e. The van der Waals surface area contributed by atoms with Crippen LogP contribution in [-0.2, 0) is 4.79 Å². The topological polar surface area (TPSA) is 96.3 Å². The summed E-state index contributed by atoms with van der Waals surface area (Å²) in [6.07, 6.45) is -1.82. The lowest BCUT2D eigenvalue weighted by Gasteiger charge is -2.28. The van der Waals surface area contributed by atoms with Gasteiger partial charge in [0.25, 0.3) is 17.5 Å². The highest BCUT2D eigenvalue weighted by atomic mass is 35.5. The Hall–Kier alpha value is -3.51. The molecule has 2 aromatic heterocycles. The van der Waals surface area contributed by atoms with Gasteiger partial charge in [-0.3, -0.25) is 9.59 Å². The van der Waals surface area contributed by atoms with E-state index in [-0.39, 0.29) is 44.0 Å². The number of benzene rings is 1. The number of nitrogens with one attached hydrogen (secondary N) is 2. The average Bonchev–Trinajstić information content (AvgIpc) is 3.27. The fraction of sp³-hybridized carbons (Fsp3) is 0.192. The summed E-state index contributed by atoms with van der Waals surface area (Å²) in [4.78, 5) is 35.3. The third-order valence-corrected chi connectivity index (χ3v) is 6.51. The van der Waals surface area contributed by atoms with Gasteiger partial charge in [-0.15, -0.1) is 0 Å². The smallest absolute Gasteiger partial charge is 0.350 e. The highest BCUT2D eigenvalue weighted by molar-refractivity contribution is 6.35. The first kappa shape index (κ1) is 29.5. The predicted molar refractivity (Wildman–Crippen MR) is 149 cm³/mol. The molecule has 2 N–H and O–H groups in total. The number of hydrogen-bond acceptors (Lipinski definition) is 5. The van der Waals surface area contributed by atoms with Gasteiger partial charge in [-0.2, -0.15) is 13.2 Å². The maximum absolute atomic E-state index is 14.1. The van der Waals surface area contributed by atoms with E-state index in [1.54, 1.807) is 20.8 Å². The molecule has 1 aliphatic heterocycles. The summed E-state index contributed by atoms with van der Waals surface area (Å²) in [5.74, 6) is -2.10. The minimum Gasteiger partial charge on any atom is -0.350 e. The standard InChI is InChI=1S/C26H20Cl3F3N6O2/c1-13(2)35-24(39)16-11-15(27)10-14(3)21(16)36-25(40)19-12-20(26(30,31)32)37-38(19,22-17(28)6-4-8-33-22)23-18(29)7-5-9-34-23/h4-13H,1-3H3,(H-,35,36,39,40)/p+1. The summed E-state index contributed by atoms with van der Waals surface area (Å²) in [6, 6.07) is 8.29. The lowest BCUT2D eigenvalue weighted by atomic mass is 10.1. The molecule has 3 heterocycles. The van der Waals surface area contributed by atoms with Crippen molar-refractivity contribution in [2.75, 3.05) is 5.32 Å². The minimum absolute atomic E-state index is 0.00690. The molecule has 3 aromatic rings. The number of pyridine rings is 2. The summed E-state index contributed by atoms with van der Waals surface area (Å²) in [6.45, 7) is 5.07. The highest BCUT2D eigenvalue weighted by Gasteiger charge is 2.56. The van der Waals surface area contributed by atoms with Crippen molar-refractivity contribution in [2.24, 2.45) is 5.10 Å². The Balaban J connectivity index is 1.96. The fourth-order valence-electron chi connectivity index (χ4n) is 4.08. The third-order valence-electron chi connectivity index (χ3n) is 5.70. The summed E-state index contributed by atoms with van der Waals surface area (Å²) in [5.41, 5.74) is -1.54. The molecule has 0 saturated heterocycles. The van der Waals surface area contributed by atoms with E-state index in [1.165, 1.54) is 48.8 Å². The van der Waals surface area contributed by atoms with Gasteiger partial charge in [-0.1, -0.05) is 44.5 Å². The highest BCUT2D eigenvalue weighted by Crippen LogP contribution is 2.48. The van der Waals surface area contributed by atoms with Crippen molar-refractivity contribution in [1.29, 1.82) is 0 Å². The van der Waals surface area contributed by atoms with Crippen LogP contribution in [0.3, 0.4) is 0 Å². The second-order valence-electron chi connectivity index (χ2n) is 8.99. The van der Waals surface area contributed by atoms with Crippen LogP contribution in [0.25, 0.3) is 0 Å². The number of carbonyl (C=O) groups excluding carboxylic acids is 2. The van der Waals surface area contributed by atoms with Gasteiger partial charge in [0, 0.05) is 29.5 Å². The number of amides is 2. The van der Waals surface area contributed by atoms with E-state index in [1.807, 2.05) is 0 Å². The van der Waals surface area contributed by atoms with Gasteiger partial charge in [0.2, 0.25) is 11.4 Å². The minimum atomic E-state index is -4.97. The van der Waals surface area contributed by atoms with E-state index in [2.05, 4.69) is 25.7 Å². The quantitative estimate of drug-likeness (QED) is 0.294. The van der Waals surface area contributed by atoms with E-state index < -0.39 is 34.0 Å². The largest absolute Gasteiger partial charge is 0.438 e. The molecule has 0 unspecified atom stereocenters. The molecule has 8 nitrogen and oxygen atoms in total. The molecule has 0 aliphatic carbocycles. The molecule has 0 spiro atoms. The van der Waals surface area contributed by atoms with Gasteiger partial charge in [0.15, 0.2) is 0 Å². The molecule has 0 radical (unpaired) electrons. The Morgan fingerprint density at radius 3 is 2.02 bits per heavy atom. The van der Waals surface area contributed by atoms with Crippen LogP contribution in [0, 0.1) is 6.92 Å². The zero-order valence-corrected chi connectivity index (χ0v) is 23.4. The van der Waals surface area contributed by atoms with Crippen LogP contribution >= 0.6 is 34.8 Å². The molecule has 0 saturated carbocycles. The van der Waals surface area contributed by atoms with E-state index in [0.717, 1.165) is 0 Å². The van der Waals surface area contributed by atoms with Gasteiger partial charge >= 0.3 is 12.1 Å². The molecule has 1 aromatic carbocycles. The number of aryl methyl sites for hydroxylation is 1. The third kappa shape index (κ3) is 5.55. The summed E-state index contributed by atoms with van der Waals surface area (Å²) < 4.78 is 41.0. The van der Waals surface area contributed by atoms with Crippen LogP contribution in [0.2, 0.25) is 15.1 Å². The molecule has 208 valence electrons. The van der Waals surface area contributed by atoms with Crippen molar-refractivity contribution >= 4 is 69.7 Å². The van der Waals surface area contributed by atoms with Crippen molar-refractivity contribution in [3.05, 3.63) is 86.8 Å². The average molecular weight is 613 g/mol. The van der Waals surface area contributed by atoms with Crippen LogP contribution in [0.1, 0.15) is 29.8 Å². The van der Waals surface area contributed by atoms with Crippen LogP contribution in [0.15, 0.2) is 65.7 Å². The molecule has 1 aliphatic rings. The lowest BCUT2D eigenvalue weighted by molar-refractivity contribution is -0.113. The van der Waals surface area contributed by atoms with Crippen LogP contribution < -0.4 is 15.2 Å². The molecular formula is C26H21Cl3F3N6O2+. The second-order valence-corrected chi connectivity index (χ2v) is 10.2. The second kappa shape index (κ2) is 11.2. The number of hydrogen-bond donors (Lipinski definition) is 2. The van der Waals surface area contributed by atoms with Crippen molar-refractivity contribution in [3.63, 3.8) is 0 Å². The van der Waals surface area contributed by atoms with Crippen LogP contribution in [-0.4, -0.2) is 39.7 Å². The predicted octanol–water partition coefficient (Wildman–Crippen LogP) is 6.98. The Bertz CT molecular complexity index is 1530. The van der Waals surface area contributed by atoms with Crippen molar-refractivity contribution < 1.29 is 22.8 Å². The van der Waals surface area contributed by atoms with E-state index in [9.17, 15) is 22.8 Å². The van der Waals surface area contributed by atoms with Gasteiger partial charge in [-0.05, 0) is 62.7 Å². The Morgan fingerprint density at radius 1 is 0.950 bits per heavy atom. The van der Waals surface area contributed by atoms with Crippen molar-refractivity contribution in [3.8, 4) is 0 Å². The number of anilines is 1. The maximum atomic E-state index is 14.1. The molecule has 14 heteroatoms. The van der Waals surface area contributed by atoms with Crippen molar-refractivity contribution in [1.82, 2.24) is 19.9 Å². The van der Waals surface area contributed by atoms with E-state index in [0.29, 0.717) is 11.6 Å². The van der Waals surface area contributed by atoms with Gasteiger partial charge in [0.1, 0.15) is 10.0 Å². The molecular weight excluding hydrogens is 592 g/mol. The number of aromatic nitrogens is 2. The molecule has 0 fully saturated rings. The Morgan fingerprint density at radius 2 is 1.52 bits per heavy atom. The molecule has 2 amide bonds. The van der Waals surface area contributed by atoms with Crippen LogP contribution in [0.5, 0.6) is 0 Å². The Kier molecular flexibility index (Phi) is 8.23. The SMILES string of the molecule is Cc1cc(Cl)cc(C(=O)NC(C)C)c1NC(=O)C1=CC(C(F)(F)F)=N[N+]1(c1ncccc1Cl)c1ncccc1Cl. The zero-order valence-electron chi connectivity index (χ0n) is 21.1. The van der Waals surface area contributed by atoms with Crippen LogP contribution in [0.4, 0.5) is 30.5 Å². The van der Waals surface area contributed by atoms with Crippen molar-refractivity contribution in [2.45, 2.75) is 33.0 Å². The van der Waals surface area contributed by atoms with Gasteiger partial charge < -0.3 is 10.6 Å². The fourth-order valence-corrected chi connectivity index (χ4v) is 4.84. The molecule has 0 bridgehead atoms. The lowest BCUT2D eigenvalue weighted by Crippen LogP contribution is -2.43. The number of allylic oxidation sites excluding steroid dienone is 1. The first-order valence-electron chi connectivity index (χ1n) is 11.7. The number of alkyl halides is 3. The molecule has 40 heavy (non-hydrogen) atoms. The van der Waals surface area contributed by atoms with E-state index >= 15 is 0 Å². The Labute approximate surface area is 242 Å². The molecule has 0 atom stereocenters. The first-order valence-corrected chi connectivity index (χ1v) is 12.8. The summed E-state index contributed by atoms with van der Waals surface area (Å²) in [7, 11) is 0. The summed E-state index contributed by atoms with van der Waals surface area (Å²) in [5, 5.41) is 9.22. The number of nitrogens with zero attached hydrogens (tertiary/aromatic N) is 4. The number of rotatable bonds is 6. The van der Waals surface area contributed by atoms with E-state index in [4.69, 9.17) is 34.8 Å². The number of carbonyl (C=O) groups is 2. The van der Waals surface area contributed by atoms with Gasteiger partial charge in [0.05, 0.1) is 11.3 Å². The number of quaternary nitrogens is 1. The normalized spacial score (nSPS) is 14.6. The monoisotopic (exact) mass is 611 g/mol. The first-order chi connectivity index (χ1) is 18.8. The zero-order chi connectivity index (χ0) is 29.4. The van der Waals surface area contributed by atoms with Gasteiger partial charge in [-0.25, -0.2) is 9.97 Å². The molecule has 4 rings (SSSR count). The summed E-state index contributed by atoms with van der Waals surface area (Å²) >= 11 is 19.0. The number of halogens is 6.